The normalized spacial score (nSPS) is 15.0. The number of nitrogens with zero attached hydrogens (tertiary/aromatic N) is 4. The number of fused-ring (bicyclic) bond motifs is 1. The molecular formula is C31H25F3N6O4S2. The molecule has 15 heteroatoms. The number of anilines is 4. The van der Waals surface area contributed by atoms with Gasteiger partial charge in [-0.25, -0.2) is 32.3 Å². The van der Waals surface area contributed by atoms with Crippen LogP contribution < -0.4 is 24.4 Å². The number of benzene rings is 3. The largest absolute Gasteiger partial charge is 0.486 e. The van der Waals surface area contributed by atoms with Crippen LogP contribution in [0.15, 0.2) is 71.8 Å². The van der Waals surface area contributed by atoms with Crippen LogP contribution in [0.2, 0.25) is 0 Å². The first-order chi connectivity index (χ1) is 22.4. The fourth-order valence-electron chi connectivity index (χ4n) is 4.92. The Morgan fingerprint density at radius 3 is 2.43 bits per heavy atom. The predicted octanol–water partition coefficient (Wildman–Crippen LogP) is 6.17. The summed E-state index contributed by atoms with van der Waals surface area (Å²) in [6.45, 7) is 3.31. The maximum atomic E-state index is 15.0. The van der Waals surface area contributed by atoms with Crippen molar-refractivity contribution in [1.29, 1.82) is 0 Å². The monoisotopic (exact) mass is 666 g/mol. The van der Waals surface area contributed by atoms with Gasteiger partial charge in [0.25, 0.3) is 0 Å². The van der Waals surface area contributed by atoms with Gasteiger partial charge in [0.05, 0.1) is 35.2 Å². The summed E-state index contributed by atoms with van der Waals surface area (Å²) >= 11 is 1.40. The second-order valence-electron chi connectivity index (χ2n) is 10.1. The molecule has 1 atom stereocenters. The highest BCUT2D eigenvalue weighted by Crippen LogP contribution is 2.41. The summed E-state index contributed by atoms with van der Waals surface area (Å²) in [5.41, 5.74) is 2.00. The number of aromatic nitrogens is 3. The molecule has 236 valence electrons. The second kappa shape index (κ2) is 12.9. The molecular weight excluding hydrogens is 642 g/mol. The average Bonchev–Trinajstić information content (AvgIpc) is 3.52. The van der Waals surface area contributed by atoms with Crippen molar-refractivity contribution in [3.05, 3.63) is 84.3 Å². The van der Waals surface area contributed by atoms with Gasteiger partial charge in [0.15, 0.2) is 27.6 Å². The first-order valence-electron chi connectivity index (χ1n) is 14.2. The van der Waals surface area contributed by atoms with E-state index in [-0.39, 0.29) is 5.69 Å². The van der Waals surface area contributed by atoms with E-state index in [1.54, 1.807) is 12.3 Å². The van der Waals surface area contributed by atoms with Gasteiger partial charge in [0, 0.05) is 36.6 Å². The lowest BCUT2D eigenvalue weighted by Gasteiger charge is -2.26. The molecule has 2 aliphatic rings. The molecule has 2 N–H and O–H groups in total. The molecule has 1 saturated heterocycles. The SMILES string of the molecule is O=S(Nc1cc(-c2nc(N3CCOCC3)sc2-c2ccnc(Nc3ccc4c(c3)OCCO4)n2)ccc1F)c1c(F)cccc1F. The molecule has 0 radical (unpaired) electrons. The minimum Gasteiger partial charge on any atom is -0.486 e. The summed E-state index contributed by atoms with van der Waals surface area (Å²) in [6, 6.07) is 14.4. The van der Waals surface area contributed by atoms with Crippen molar-refractivity contribution in [3.63, 3.8) is 0 Å². The molecule has 7 rings (SSSR count). The zero-order valence-electron chi connectivity index (χ0n) is 24.0. The Labute approximate surface area is 267 Å². The minimum atomic E-state index is -2.42. The third-order valence-corrected chi connectivity index (χ3v) is 9.44. The van der Waals surface area contributed by atoms with Gasteiger partial charge in [-0.15, -0.1) is 0 Å². The quantitative estimate of drug-likeness (QED) is 0.201. The second-order valence-corrected chi connectivity index (χ2v) is 12.3. The summed E-state index contributed by atoms with van der Waals surface area (Å²) < 4.78 is 75.7. The van der Waals surface area contributed by atoms with Crippen LogP contribution in [0.25, 0.3) is 21.8 Å². The molecule has 3 aromatic carbocycles. The van der Waals surface area contributed by atoms with Gasteiger partial charge in [-0.3, -0.25) is 4.72 Å². The van der Waals surface area contributed by atoms with Crippen LogP contribution in [0.1, 0.15) is 0 Å². The topological polar surface area (TPSA) is 111 Å². The van der Waals surface area contributed by atoms with E-state index < -0.39 is 33.3 Å². The lowest BCUT2D eigenvalue weighted by molar-refractivity contribution is 0.122. The summed E-state index contributed by atoms with van der Waals surface area (Å²) in [4.78, 5) is 16.1. The van der Waals surface area contributed by atoms with Gasteiger partial charge in [-0.1, -0.05) is 17.4 Å². The van der Waals surface area contributed by atoms with Gasteiger partial charge >= 0.3 is 0 Å². The van der Waals surface area contributed by atoms with Crippen LogP contribution in [0.3, 0.4) is 0 Å². The maximum absolute atomic E-state index is 15.0. The number of hydrogen-bond acceptors (Lipinski definition) is 10. The molecule has 1 fully saturated rings. The molecule has 0 spiro atoms. The van der Waals surface area contributed by atoms with E-state index in [0.29, 0.717) is 89.6 Å². The number of thiazole rings is 1. The molecule has 10 nitrogen and oxygen atoms in total. The summed E-state index contributed by atoms with van der Waals surface area (Å²) in [7, 11) is -2.42. The summed E-state index contributed by atoms with van der Waals surface area (Å²) in [6.07, 6.45) is 1.62. The van der Waals surface area contributed by atoms with E-state index in [0.717, 1.165) is 18.2 Å². The van der Waals surface area contributed by atoms with Crippen molar-refractivity contribution in [2.75, 3.05) is 54.5 Å². The summed E-state index contributed by atoms with van der Waals surface area (Å²) in [5, 5.41) is 3.91. The molecule has 1 unspecified atom stereocenters. The van der Waals surface area contributed by atoms with Crippen LogP contribution in [-0.4, -0.2) is 58.7 Å². The summed E-state index contributed by atoms with van der Waals surface area (Å²) in [5.74, 6) is -1.18. The van der Waals surface area contributed by atoms with Crippen molar-refractivity contribution < 1.29 is 31.6 Å². The highest BCUT2D eigenvalue weighted by molar-refractivity contribution is 7.86. The highest BCUT2D eigenvalue weighted by atomic mass is 32.2. The predicted molar refractivity (Wildman–Crippen MR) is 169 cm³/mol. The van der Waals surface area contributed by atoms with Crippen LogP contribution in [0.5, 0.6) is 11.5 Å². The molecule has 0 saturated carbocycles. The molecule has 0 amide bonds. The Morgan fingerprint density at radius 2 is 1.63 bits per heavy atom. The standard InChI is InChI=1S/C31H25F3N6O4S2/c32-20-6-4-18(16-24(20)39-46(41)29-21(33)2-1-3-22(29)34)27-28(45-31(38-27)40-10-12-42-13-11-40)23-8-9-35-30(37-23)36-19-5-7-25-26(17-19)44-15-14-43-25/h1-9,16-17,39H,10-15H2,(H,35,36,37). The van der Waals surface area contributed by atoms with E-state index >= 15 is 0 Å². The number of nitrogens with one attached hydrogen (secondary N) is 2. The zero-order chi connectivity index (χ0) is 31.6. The first kappa shape index (κ1) is 30.0. The fourth-order valence-corrected chi connectivity index (χ4v) is 6.98. The van der Waals surface area contributed by atoms with Crippen molar-refractivity contribution in [1.82, 2.24) is 15.0 Å². The Kier molecular flexibility index (Phi) is 8.43. The van der Waals surface area contributed by atoms with Gasteiger partial charge in [-0.2, -0.15) is 0 Å². The Morgan fingerprint density at radius 1 is 0.848 bits per heavy atom. The molecule has 0 bridgehead atoms. The number of morpholine rings is 1. The molecule has 2 aromatic heterocycles. The average molecular weight is 667 g/mol. The van der Waals surface area contributed by atoms with Crippen molar-refractivity contribution in [2.24, 2.45) is 0 Å². The highest BCUT2D eigenvalue weighted by Gasteiger charge is 2.24. The smallest absolute Gasteiger partial charge is 0.227 e. The zero-order valence-corrected chi connectivity index (χ0v) is 25.6. The van der Waals surface area contributed by atoms with Crippen molar-refractivity contribution in [3.8, 4) is 33.3 Å². The third-order valence-electron chi connectivity index (χ3n) is 7.13. The Hall–Kier alpha value is -4.73. The van der Waals surface area contributed by atoms with Crippen LogP contribution >= 0.6 is 11.3 Å². The van der Waals surface area contributed by atoms with E-state index in [2.05, 4.69) is 19.9 Å². The number of hydrogen-bond donors (Lipinski definition) is 2. The molecule has 46 heavy (non-hydrogen) atoms. The molecule has 5 aromatic rings. The van der Waals surface area contributed by atoms with Crippen LogP contribution in [-0.2, 0) is 15.7 Å². The van der Waals surface area contributed by atoms with Gasteiger partial charge in [-0.05, 0) is 48.5 Å². The maximum Gasteiger partial charge on any atom is 0.227 e. The fraction of sp³-hybridized carbons (Fsp3) is 0.194. The molecule has 0 aliphatic carbocycles. The van der Waals surface area contributed by atoms with Crippen molar-refractivity contribution >= 4 is 44.8 Å². The van der Waals surface area contributed by atoms with E-state index in [1.165, 1.54) is 29.5 Å². The number of rotatable bonds is 8. The minimum absolute atomic E-state index is 0.214. The Bertz CT molecular complexity index is 1920. The molecule has 4 heterocycles. The Balaban J connectivity index is 1.24. The van der Waals surface area contributed by atoms with Gasteiger partial charge in [0.2, 0.25) is 5.95 Å². The lowest BCUT2D eigenvalue weighted by Crippen LogP contribution is -2.36. The molecule has 2 aliphatic heterocycles. The van der Waals surface area contributed by atoms with Crippen molar-refractivity contribution in [2.45, 2.75) is 4.90 Å². The van der Waals surface area contributed by atoms with E-state index in [4.69, 9.17) is 24.2 Å². The van der Waals surface area contributed by atoms with E-state index in [1.807, 2.05) is 18.2 Å². The van der Waals surface area contributed by atoms with Crippen LogP contribution in [0, 0.1) is 17.5 Å². The number of ether oxygens (including phenoxy) is 3. The third kappa shape index (κ3) is 6.21. The van der Waals surface area contributed by atoms with Gasteiger partial charge < -0.3 is 24.4 Å². The van der Waals surface area contributed by atoms with Crippen LogP contribution in [0.4, 0.5) is 35.6 Å². The number of halogens is 3. The van der Waals surface area contributed by atoms with Gasteiger partial charge in [0.1, 0.15) is 35.6 Å². The lowest BCUT2D eigenvalue weighted by atomic mass is 10.1. The van der Waals surface area contributed by atoms with E-state index in [9.17, 15) is 17.4 Å². The first-order valence-corrected chi connectivity index (χ1v) is 16.2.